The van der Waals surface area contributed by atoms with Crippen LogP contribution in [-0.4, -0.2) is 18.1 Å². The smallest absolute Gasteiger partial charge is 0.244 e. The van der Waals surface area contributed by atoms with Crippen LogP contribution in [0.2, 0.25) is 0 Å². The largest absolute Gasteiger partial charge is 0.366 e. The van der Waals surface area contributed by atoms with Gasteiger partial charge in [0.25, 0.3) is 0 Å². The second-order valence-electron chi connectivity index (χ2n) is 4.83. The zero-order valence-electron chi connectivity index (χ0n) is 13.2. The number of carbonyl (C=O) groups is 2. The zero-order valence-corrected chi connectivity index (χ0v) is 14.0. The van der Waals surface area contributed by atoms with E-state index in [1.165, 1.54) is 11.1 Å². The van der Waals surface area contributed by atoms with E-state index >= 15 is 0 Å². The Bertz CT molecular complexity index is 522. The van der Waals surface area contributed by atoms with E-state index in [0.29, 0.717) is 11.9 Å². The number of aryl methyl sites for hydroxylation is 2. The van der Waals surface area contributed by atoms with Crippen LogP contribution in [0.4, 0.5) is 0 Å². The molecular weight excluding hydrogens is 286 g/mol. The van der Waals surface area contributed by atoms with Crippen LogP contribution < -0.4 is 5.73 Å². The number of hydrogen-bond acceptors (Lipinski definition) is 2. The molecule has 0 atom stereocenters. The fourth-order valence-corrected chi connectivity index (χ4v) is 1.90. The lowest BCUT2D eigenvalue weighted by Gasteiger charge is -2.11. The summed E-state index contributed by atoms with van der Waals surface area (Å²) in [6.07, 6.45) is 2.83. The number of alkyl halides is 1. The van der Waals surface area contributed by atoms with Gasteiger partial charge in [0.15, 0.2) is 0 Å². The number of nitrogens with two attached hydrogens (primary N) is 1. The van der Waals surface area contributed by atoms with E-state index in [0.717, 1.165) is 24.0 Å². The molecule has 116 valence electrons. The number of aldehydes is 1. The molecule has 0 saturated carbocycles. The van der Waals surface area contributed by atoms with Crippen LogP contribution in [0, 0.1) is 6.92 Å². The molecule has 21 heavy (non-hydrogen) atoms. The summed E-state index contributed by atoms with van der Waals surface area (Å²) in [6, 6.07) is 6.42. The molecule has 0 fully saturated rings. The first-order valence-electron chi connectivity index (χ1n) is 6.95. The fourth-order valence-electron chi connectivity index (χ4n) is 1.90. The first kappa shape index (κ1) is 19.4. The lowest BCUT2D eigenvalue weighted by molar-refractivity contribution is -0.114. The normalized spacial score (nSPS) is 11.1. The van der Waals surface area contributed by atoms with Gasteiger partial charge in [-0.3, -0.25) is 4.79 Å². The molecule has 0 radical (unpaired) electrons. The number of allylic oxidation sites excluding steroid dienone is 1. The van der Waals surface area contributed by atoms with Crippen molar-refractivity contribution in [2.45, 2.75) is 40.5 Å². The Morgan fingerprint density at radius 1 is 1.33 bits per heavy atom. The molecule has 0 saturated heterocycles. The highest BCUT2D eigenvalue weighted by atomic mass is 35.5. The first-order chi connectivity index (χ1) is 9.88. The van der Waals surface area contributed by atoms with Crippen molar-refractivity contribution >= 4 is 29.4 Å². The zero-order chi connectivity index (χ0) is 16.4. The number of halogens is 1. The molecule has 1 rings (SSSR count). The SMILES string of the molecule is CCCc1ccc(C)c(/C(C)=C(\C)C(N)=O)c1.O=CCCl. The van der Waals surface area contributed by atoms with Crippen LogP contribution in [0.3, 0.4) is 0 Å². The van der Waals surface area contributed by atoms with Crippen molar-refractivity contribution in [2.24, 2.45) is 5.73 Å². The molecule has 1 aromatic carbocycles. The van der Waals surface area contributed by atoms with Gasteiger partial charge < -0.3 is 10.5 Å². The molecule has 0 aromatic heterocycles. The Morgan fingerprint density at radius 3 is 2.33 bits per heavy atom. The summed E-state index contributed by atoms with van der Waals surface area (Å²) in [5, 5.41) is 0. The summed E-state index contributed by atoms with van der Waals surface area (Å²) >= 11 is 4.82. The molecule has 0 aliphatic rings. The number of primary amides is 1. The fraction of sp³-hybridized carbons (Fsp3) is 0.412. The maximum atomic E-state index is 11.2. The Balaban J connectivity index is 0.000000885. The highest BCUT2D eigenvalue weighted by Crippen LogP contribution is 2.23. The van der Waals surface area contributed by atoms with E-state index in [2.05, 4.69) is 32.0 Å². The Kier molecular flexibility index (Phi) is 9.39. The number of carbonyl (C=O) groups excluding carboxylic acids is 2. The Hall–Kier alpha value is -1.61. The van der Waals surface area contributed by atoms with Gasteiger partial charge in [0, 0.05) is 5.57 Å². The van der Waals surface area contributed by atoms with E-state index in [4.69, 9.17) is 22.1 Å². The average Bonchev–Trinajstić information content (AvgIpc) is 2.48. The summed E-state index contributed by atoms with van der Waals surface area (Å²) in [6.45, 7) is 7.96. The van der Waals surface area contributed by atoms with Crippen molar-refractivity contribution in [1.82, 2.24) is 0 Å². The summed E-state index contributed by atoms with van der Waals surface area (Å²) in [7, 11) is 0. The van der Waals surface area contributed by atoms with Crippen molar-refractivity contribution in [1.29, 1.82) is 0 Å². The van der Waals surface area contributed by atoms with Crippen LogP contribution in [0.5, 0.6) is 0 Å². The minimum absolute atomic E-state index is 0.111. The lowest BCUT2D eigenvalue weighted by Crippen LogP contribution is -2.13. The molecule has 2 N–H and O–H groups in total. The van der Waals surface area contributed by atoms with Gasteiger partial charge in [0.1, 0.15) is 6.29 Å². The van der Waals surface area contributed by atoms with Gasteiger partial charge in [-0.05, 0) is 49.5 Å². The van der Waals surface area contributed by atoms with Crippen molar-refractivity contribution in [3.8, 4) is 0 Å². The van der Waals surface area contributed by atoms with E-state index in [-0.39, 0.29) is 11.8 Å². The predicted octanol–water partition coefficient (Wildman–Crippen LogP) is 3.65. The Morgan fingerprint density at radius 2 is 1.90 bits per heavy atom. The van der Waals surface area contributed by atoms with Gasteiger partial charge in [-0.25, -0.2) is 0 Å². The Labute approximate surface area is 132 Å². The minimum atomic E-state index is -0.345. The highest BCUT2D eigenvalue weighted by molar-refractivity contribution is 6.24. The second kappa shape index (κ2) is 10.2. The molecule has 0 aliphatic heterocycles. The molecule has 4 heteroatoms. The quantitative estimate of drug-likeness (QED) is 0.512. The molecule has 0 spiro atoms. The van der Waals surface area contributed by atoms with Gasteiger partial charge in [0.2, 0.25) is 5.91 Å². The molecule has 0 bridgehead atoms. The maximum Gasteiger partial charge on any atom is 0.244 e. The van der Waals surface area contributed by atoms with E-state index < -0.39 is 0 Å². The van der Waals surface area contributed by atoms with E-state index in [1.807, 2.05) is 6.92 Å². The topological polar surface area (TPSA) is 60.2 Å². The molecule has 0 heterocycles. The summed E-state index contributed by atoms with van der Waals surface area (Å²) < 4.78 is 0. The lowest BCUT2D eigenvalue weighted by atomic mass is 9.94. The monoisotopic (exact) mass is 309 g/mol. The van der Waals surface area contributed by atoms with Crippen LogP contribution >= 0.6 is 11.6 Å². The number of rotatable bonds is 5. The summed E-state index contributed by atoms with van der Waals surface area (Å²) in [4.78, 5) is 20.2. The third-order valence-corrected chi connectivity index (χ3v) is 3.37. The van der Waals surface area contributed by atoms with Gasteiger partial charge in [-0.2, -0.15) is 0 Å². The molecule has 0 unspecified atom stereocenters. The van der Waals surface area contributed by atoms with Crippen LogP contribution in [0.15, 0.2) is 23.8 Å². The van der Waals surface area contributed by atoms with Crippen molar-refractivity contribution < 1.29 is 9.59 Å². The summed E-state index contributed by atoms with van der Waals surface area (Å²) in [5.74, 6) is -0.234. The first-order valence-corrected chi connectivity index (χ1v) is 7.49. The number of benzene rings is 1. The predicted molar refractivity (Wildman–Crippen MR) is 89.4 cm³/mol. The number of hydrogen-bond donors (Lipinski definition) is 1. The molecule has 1 aromatic rings. The average molecular weight is 310 g/mol. The third kappa shape index (κ3) is 6.58. The molecule has 1 amide bonds. The molecule has 0 aliphatic carbocycles. The van der Waals surface area contributed by atoms with Crippen molar-refractivity contribution in [3.63, 3.8) is 0 Å². The van der Waals surface area contributed by atoms with Crippen molar-refractivity contribution in [3.05, 3.63) is 40.5 Å². The maximum absolute atomic E-state index is 11.2. The van der Waals surface area contributed by atoms with E-state index in [1.54, 1.807) is 6.92 Å². The van der Waals surface area contributed by atoms with Gasteiger partial charge in [-0.1, -0.05) is 31.5 Å². The van der Waals surface area contributed by atoms with Gasteiger partial charge in [0.05, 0.1) is 5.88 Å². The van der Waals surface area contributed by atoms with E-state index in [9.17, 15) is 4.79 Å². The van der Waals surface area contributed by atoms with Crippen LogP contribution in [0.25, 0.3) is 5.57 Å². The third-order valence-electron chi connectivity index (χ3n) is 3.24. The highest BCUT2D eigenvalue weighted by Gasteiger charge is 2.08. The van der Waals surface area contributed by atoms with Gasteiger partial charge >= 0.3 is 0 Å². The minimum Gasteiger partial charge on any atom is -0.366 e. The standard InChI is InChI=1S/C15H21NO.C2H3ClO/c1-5-6-13-8-7-10(2)14(9-13)11(3)12(4)15(16)17;3-1-2-4/h7-9H,5-6H2,1-4H3,(H2,16,17);2H,1H2/b12-11+;. The van der Waals surface area contributed by atoms with Gasteiger partial charge in [-0.15, -0.1) is 11.6 Å². The molecule has 3 nitrogen and oxygen atoms in total. The van der Waals surface area contributed by atoms with Crippen LogP contribution in [-0.2, 0) is 16.0 Å². The van der Waals surface area contributed by atoms with Crippen LogP contribution in [0.1, 0.15) is 43.9 Å². The molecular formula is C17H24ClNO2. The summed E-state index contributed by atoms with van der Waals surface area (Å²) in [5.41, 5.74) is 10.6. The second-order valence-corrected chi connectivity index (χ2v) is 5.14. The number of amides is 1. The van der Waals surface area contributed by atoms with Crippen molar-refractivity contribution in [2.75, 3.05) is 5.88 Å².